The molecule has 0 heterocycles. The lowest BCUT2D eigenvalue weighted by atomic mass is 9.63. The van der Waals surface area contributed by atoms with E-state index >= 15 is 0 Å². The molecular formula is C32H49NO3. The van der Waals surface area contributed by atoms with Crippen LogP contribution in [0.2, 0.25) is 0 Å². The fourth-order valence-corrected chi connectivity index (χ4v) is 6.75. The van der Waals surface area contributed by atoms with Crippen molar-refractivity contribution in [2.75, 3.05) is 26.4 Å². The van der Waals surface area contributed by atoms with Crippen LogP contribution < -0.4 is 5.32 Å². The smallest absolute Gasteiger partial charge is 0.248 e. The maximum Gasteiger partial charge on any atom is 0.248 e. The highest BCUT2D eigenvalue weighted by Gasteiger charge is 2.48. The van der Waals surface area contributed by atoms with Crippen LogP contribution in [0.25, 0.3) is 0 Å². The van der Waals surface area contributed by atoms with Crippen LogP contribution in [0.5, 0.6) is 0 Å². The summed E-state index contributed by atoms with van der Waals surface area (Å²) in [5, 5.41) is 3.26. The molecule has 1 amide bonds. The normalized spacial score (nSPS) is 30.9. The molecular weight excluding hydrogens is 446 g/mol. The van der Waals surface area contributed by atoms with Gasteiger partial charge in [0.15, 0.2) is 0 Å². The van der Waals surface area contributed by atoms with E-state index in [1.807, 2.05) is 0 Å². The summed E-state index contributed by atoms with van der Waals surface area (Å²) in [7, 11) is 0. The Kier molecular flexibility index (Phi) is 9.40. The fourth-order valence-electron chi connectivity index (χ4n) is 6.75. The summed E-state index contributed by atoms with van der Waals surface area (Å²) < 4.78 is 12.0. The minimum atomic E-state index is -0.381. The summed E-state index contributed by atoms with van der Waals surface area (Å²) in [6.07, 6.45) is 13.7. The highest BCUT2D eigenvalue weighted by atomic mass is 16.5. The molecule has 0 spiro atoms. The van der Waals surface area contributed by atoms with Crippen LogP contribution in [0.4, 0.5) is 0 Å². The predicted octanol–water partition coefficient (Wildman–Crippen LogP) is 6.32. The number of hydrogen-bond donors (Lipinski definition) is 1. The zero-order chi connectivity index (χ0) is 25.7. The Morgan fingerprint density at radius 3 is 2.36 bits per heavy atom. The average Bonchev–Trinajstić information content (AvgIpc) is 3.45. The summed E-state index contributed by atoms with van der Waals surface area (Å²) in [5.74, 6) is 11.0. The Labute approximate surface area is 220 Å². The Balaban J connectivity index is 1.06. The molecule has 0 radical (unpaired) electrons. The molecule has 4 heteroatoms. The maximum absolute atomic E-state index is 13.2. The number of rotatable bonds is 13. The standard InChI is InChI=1S/C32H49NO3/c1-22(2)27-18-24-19-29(28(27)17-23(24)3)31(34)33-32(4,5)21-36-16-12-8-11-15-35-20-30-25-13-9-6-7-10-14-26(25)30/h17,19,22,24-28,30H,8-16,18,20-21H2,1-5H3,(H,33,34)/t24?,25-,26+,27?,28?,30?. The van der Waals surface area contributed by atoms with E-state index in [1.54, 1.807) is 0 Å². The first-order valence-corrected chi connectivity index (χ1v) is 14.6. The Morgan fingerprint density at radius 1 is 1.06 bits per heavy atom. The van der Waals surface area contributed by atoms with Crippen LogP contribution in [-0.4, -0.2) is 37.9 Å². The molecule has 36 heavy (non-hydrogen) atoms. The molecule has 5 aliphatic carbocycles. The van der Waals surface area contributed by atoms with Crippen LogP contribution in [0.1, 0.15) is 86.0 Å². The van der Waals surface area contributed by atoms with Gasteiger partial charge in [-0.3, -0.25) is 4.79 Å². The molecule has 1 N–H and O–H groups in total. The van der Waals surface area contributed by atoms with E-state index in [9.17, 15) is 4.79 Å². The van der Waals surface area contributed by atoms with Crippen molar-refractivity contribution in [3.63, 3.8) is 0 Å². The SMILES string of the molecule is CC1=CC2C(C(=O)NC(C)(C)COCCCCCOCC3[C@H]4CCC#CCC[C@@H]34)=CC1CC2C(C)C. The molecule has 6 atom stereocenters. The molecule has 2 bridgehead atoms. The van der Waals surface area contributed by atoms with Crippen molar-refractivity contribution in [2.24, 2.45) is 41.4 Å². The Bertz CT molecular complexity index is 871. The molecule has 4 nitrogen and oxygen atoms in total. The van der Waals surface area contributed by atoms with Crippen LogP contribution in [0, 0.1) is 53.3 Å². The number of hydrogen-bond acceptors (Lipinski definition) is 3. The number of unbranched alkanes of at least 4 members (excludes halogenated alkanes) is 2. The van der Waals surface area contributed by atoms with Crippen molar-refractivity contribution in [2.45, 2.75) is 91.5 Å². The number of amides is 1. The first-order chi connectivity index (χ1) is 17.3. The van der Waals surface area contributed by atoms with Gasteiger partial charge in [0.2, 0.25) is 5.91 Å². The van der Waals surface area contributed by atoms with Crippen molar-refractivity contribution in [3.05, 3.63) is 23.3 Å². The van der Waals surface area contributed by atoms with Crippen molar-refractivity contribution in [1.29, 1.82) is 0 Å². The van der Waals surface area contributed by atoms with Crippen molar-refractivity contribution in [3.8, 4) is 11.8 Å². The van der Waals surface area contributed by atoms with Crippen molar-refractivity contribution < 1.29 is 14.3 Å². The number of nitrogens with one attached hydrogen (secondary N) is 1. The molecule has 1 fully saturated rings. The third kappa shape index (κ3) is 7.05. The number of ether oxygens (including phenoxy) is 2. The minimum absolute atomic E-state index is 0.0825. The summed E-state index contributed by atoms with van der Waals surface area (Å²) in [6, 6.07) is 0. The Morgan fingerprint density at radius 2 is 1.72 bits per heavy atom. The molecule has 0 aliphatic heterocycles. The molecule has 1 saturated carbocycles. The summed E-state index contributed by atoms with van der Waals surface area (Å²) >= 11 is 0. The summed E-state index contributed by atoms with van der Waals surface area (Å²) in [5.41, 5.74) is 2.01. The third-order valence-electron chi connectivity index (χ3n) is 9.01. The fraction of sp³-hybridized carbons (Fsp3) is 0.781. The summed E-state index contributed by atoms with van der Waals surface area (Å²) in [4.78, 5) is 13.2. The number of allylic oxidation sites excluding steroid dienone is 3. The maximum atomic E-state index is 13.2. The van der Waals surface area contributed by atoms with Crippen LogP contribution in [0.15, 0.2) is 23.3 Å². The van der Waals surface area contributed by atoms with Crippen LogP contribution >= 0.6 is 0 Å². The Hall–Kier alpha value is -1.57. The first-order valence-electron chi connectivity index (χ1n) is 14.6. The molecule has 200 valence electrons. The van der Waals surface area contributed by atoms with Gasteiger partial charge in [-0.25, -0.2) is 0 Å². The topological polar surface area (TPSA) is 47.6 Å². The number of fused-ring (bicyclic) bond motifs is 2. The molecule has 5 aliphatic rings. The second-order valence-electron chi connectivity index (χ2n) is 12.8. The van der Waals surface area contributed by atoms with E-state index in [4.69, 9.17) is 9.47 Å². The minimum Gasteiger partial charge on any atom is -0.381 e. The van der Waals surface area contributed by atoms with Crippen LogP contribution in [-0.2, 0) is 14.3 Å². The zero-order valence-electron chi connectivity index (χ0n) is 23.4. The lowest BCUT2D eigenvalue weighted by Crippen LogP contribution is -2.49. The van der Waals surface area contributed by atoms with Crippen LogP contribution in [0.3, 0.4) is 0 Å². The van der Waals surface area contributed by atoms with Crippen molar-refractivity contribution >= 4 is 5.91 Å². The van der Waals surface area contributed by atoms with Crippen molar-refractivity contribution in [1.82, 2.24) is 5.32 Å². The van der Waals surface area contributed by atoms with Gasteiger partial charge in [0.1, 0.15) is 0 Å². The predicted molar refractivity (Wildman–Crippen MR) is 146 cm³/mol. The van der Waals surface area contributed by atoms with E-state index in [-0.39, 0.29) is 17.4 Å². The lowest BCUT2D eigenvalue weighted by Gasteiger charge is -2.42. The highest BCUT2D eigenvalue weighted by Crippen LogP contribution is 2.52. The number of carbonyl (C=O) groups excluding carboxylic acids is 1. The van der Waals surface area contributed by atoms with E-state index in [2.05, 4.69) is 63.9 Å². The van der Waals surface area contributed by atoms with E-state index in [0.717, 1.165) is 75.3 Å². The van der Waals surface area contributed by atoms with Gasteiger partial charge >= 0.3 is 0 Å². The molecule has 4 unspecified atom stereocenters. The quantitative estimate of drug-likeness (QED) is 0.185. The van der Waals surface area contributed by atoms with Gasteiger partial charge in [0, 0.05) is 44.2 Å². The second-order valence-corrected chi connectivity index (χ2v) is 12.8. The average molecular weight is 496 g/mol. The van der Waals surface area contributed by atoms with Gasteiger partial charge in [0.25, 0.3) is 0 Å². The van der Waals surface area contributed by atoms with E-state index < -0.39 is 0 Å². The monoisotopic (exact) mass is 495 g/mol. The zero-order valence-corrected chi connectivity index (χ0v) is 23.4. The van der Waals surface area contributed by atoms with E-state index in [0.29, 0.717) is 24.4 Å². The first kappa shape index (κ1) is 27.5. The van der Waals surface area contributed by atoms with Gasteiger partial charge in [0.05, 0.1) is 12.1 Å². The van der Waals surface area contributed by atoms with Gasteiger partial charge in [-0.15, -0.1) is 11.8 Å². The molecule has 5 rings (SSSR count). The molecule has 0 aromatic carbocycles. The molecule has 0 aromatic heterocycles. The van der Waals surface area contributed by atoms with Gasteiger partial charge in [-0.1, -0.05) is 31.6 Å². The lowest BCUT2D eigenvalue weighted by molar-refractivity contribution is -0.120. The van der Waals surface area contributed by atoms with E-state index in [1.165, 1.54) is 24.8 Å². The highest BCUT2D eigenvalue weighted by molar-refractivity contribution is 5.95. The largest absolute Gasteiger partial charge is 0.381 e. The van der Waals surface area contributed by atoms with Gasteiger partial charge in [-0.05, 0) is 94.8 Å². The van der Waals surface area contributed by atoms with Gasteiger partial charge in [-0.2, -0.15) is 0 Å². The number of carbonyl (C=O) groups is 1. The second kappa shape index (κ2) is 12.3. The summed E-state index contributed by atoms with van der Waals surface area (Å²) in [6.45, 7) is 14.0. The third-order valence-corrected chi connectivity index (χ3v) is 9.01. The molecule has 0 aromatic rings. The van der Waals surface area contributed by atoms with Gasteiger partial charge < -0.3 is 14.8 Å². The molecule has 0 saturated heterocycles.